The third-order valence-electron chi connectivity index (χ3n) is 6.04. The molecular formula is C24H18F4N4O4S. The zero-order chi connectivity index (χ0) is 26.4. The van der Waals surface area contributed by atoms with E-state index in [1.165, 1.54) is 18.3 Å². The van der Waals surface area contributed by atoms with Gasteiger partial charge >= 0.3 is 6.18 Å². The van der Waals surface area contributed by atoms with Gasteiger partial charge < -0.3 is 4.42 Å². The number of hydrogen-bond acceptors (Lipinski definition) is 7. The minimum atomic E-state index is -4.60. The van der Waals surface area contributed by atoms with E-state index in [4.69, 9.17) is 4.42 Å². The lowest BCUT2D eigenvalue weighted by Crippen LogP contribution is -2.54. The molecule has 5 rings (SSSR count). The second-order valence-electron chi connectivity index (χ2n) is 8.45. The predicted octanol–water partition coefficient (Wildman–Crippen LogP) is 4.41. The van der Waals surface area contributed by atoms with Crippen LogP contribution in [0.15, 0.2) is 64.5 Å². The molecule has 0 bridgehead atoms. The molecule has 0 unspecified atom stereocenters. The highest BCUT2D eigenvalue weighted by Crippen LogP contribution is 2.32. The van der Waals surface area contributed by atoms with E-state index in [-0.39, 0.29) is 41.5 Å². The van der Waals surface area contributed by atoms with Crippen molar-refractivity contribution in [2.45, 2.75) is 36.6 Å². The van der Waals surface area contributed by atoms with Crippen LogP contribution in [0.3, 0.4) is 0 Å². The number of pyridine rings is 1. The number of rotatable bonds is 7. The molecule has 1 fully saturated rings. The second-order valence-corrected chi connectivity index (χ2v) is 10.3. The Labute approximate surface area is 208 Å². The highest BCUT2D eigenvalue weighted by molar-refractivity contribution is 7.89. The van der Waals surface area contributed by atoms with Crippen molar-refractivity contribution in [2.75, 3.05) is 6.54 Å². The largest absolute Gasteiger partial charge is 0.443 e. The first-order valence-electron chi connectivity index (χ1n) is 11.1. The van der Waals surface area contributed by atoms with Gasteiger partial charge in [-0.3, -0.25) is 14.8 Å². The average Bonchev–Trinajstić information content (AvgIpc) is 3.26. The Kier molecular flexibility index (Phi) is 6.28. The van der Waals surface area contributed by atoms with Gasteiger partial charge in [0, 0.05) is 41.9 Å². The van der Waals surface area contributed by atoms with Gasteiger partial charge in [0.25, 0.3) is 10.0 Å². The third-order valence-corrected chi connectivity index (χ3v) is 7.81. The molecule has 0 saturated carbocycles. The maximum atomic E-state index is 13.5. The fraction of sp³-hybridized carbons (Fsp3) is 0.250. The van der Waals surface area contributed by atoms with Crippen molar-refractivity contribution in [1.29, 1.82) is 0 Å². The Morgan fingerprint density at radius 1 is 1.08 bits per heavy atom. The third kappa shape index (κ3) is 4.96. The first-order valence-corrected chi connectivity index (χ1v) is 12.5. The maximum absolute atomic E-state index is 13.5. The lowest BCUT2D eigenvalue weighted by molar-refractivity contribution is -0.141. The van der Waals surface area contributed by atoms with E-state index in [1.54, 1.807) is 12.1 Å². The van der Waals surface area contributed by atoms with E-state index in [1.807, 2.05) is 0 Å². The Morgan fingerprint density at radius 2 is 1.89 bits per heavy atom. The van der Waals surface area contributed by atoms with Crippen LogP contribution in [0.4, 0.5) is 17.6 Å². The topological polar surface area (TPSA) is 106 Å². The summed E-state index contributed by atoms with van der Waals surface area (Å²) in [6.45, 7) is 0.143. The summed E-state index contributed by atoms with van der Waals surface area (Å²) in [5, 5.41) is -0.0664. The first kappa shape index (κ1) is 25.0. The van der Waals surface area contributed by atoms with Crippen molar-refractivity contribution in [3.63, 3.8) is 0 Å². The van der Waals surface area contributed by atoms with Gasteiger partial charge in [-0.1, -0.05) is 0 Å². The number of ketones is 1. The van der Waals surface area contributed by atoms with Crippen LogP contribution in [0.1, 0.15) is 24.2 Å². The summed E-state index contributed by atoms with van der Waals surface area (Å²) in [5.74, 6) is -0.837. The molecule has 0 spiro atoms. The van der Waals surface area contributed by atoms with Crippen LogP contribution in [0, 0.1) is 5.82 Å². The maximum Gasteiger partial charge on any atom is 0.434 e. The van der Waals surface area contributed by atoms with Crippen LogP contribution in [-0.4, -0.2) is 46.0 Å². The summed E-state index contributed by atoms with van der Waals surface area (Å²) in [6.07, 6.45) is -0.965. The predicted molar refractivity (Wildman–Crippen MR) is 122 cm³/mol. The summed E-state index contributed by atoms with van der Waals surface area (Å²) in [4.78, 5) is 24.2. The van der Waals surface area contributed by atoms with Crippen molar-refractivity contribution in [3.05, 3.63) is 72.2 Å². The van der Waals surface area contributed by atoms with Gasteiger partial charge in [-0.2, -0.15) is 17.5 Å². The smallest absolute Gasteiger partial charge is 0.434 e. The molecule has 1 saturated heterocycles. The molecule has 192 valence electrons. The van der Waals surface area contributed by atoms with Gasteiger partial charge in [0.2, 0.25) is 5.09 Å². The number of fused-ring (bicyclic) bond motifs is 1. The van der Waals surface area contributed by atoms with Crippen LogP contribution in [-0.2, 0) is 27.4 Å². The van der Waals surface area contributed by atoms with Gasteiger partial charge in [0.15, 0.2) is 11.5 Å². The van der Waals surface area contributed by atoms with E-state index in [0.717, 1.165) is 22.6 Å². The Bertz CT molecular complexity index is 1590. The number of furan rings is 1. The molecule has 1 aliphatic rings. The zero-order valence-electron chi connectivity index (χ0n) is 18.9. The molecule has 3 aromatic heterocycles. The number of alkyl halides is 3. The monoisotopic (exact) mass is 534 g/mol. The molecule has 0 N–H and O–H groups in total. The number of hydrogen-bond donors (Lipinski definition) is 0. The molecule has 4 heterocycles. The fourth-order valence-electron chi connectivity index (χ4n) is 4.02. The molecule has 0 radical (unpaired) electrons. The molecule has 0 aliphatic carbocycles. The highest BCUT2D eigenvalue weighted by atomic mass is 32.2. The quantitative estimate of drug-likeness (QED) is 0.324. The van der Waals surface area contributed by atoms with E-state index in [9.17, 15) is 30.8 Å². The average molecular weight is 534 g/mol. The summed E-state index contributed by atoms with van der Waals surface area (Å²) in [5.41, 5.74) is 0.288. The van der Waals surface area contributed by atoms with Crippen LogP contribution in [0.5, 0.6) is 0 Å². The number of carbonyl (C=O) groups is 1. The summed E-state index contributed by atoms with van der Waals surface area (Å²) < 4.78 is 84.1. The fourth-order valence-corrected chi connectivity index (χ4v) is 5.63. The molecular weight excluding hydrogens is 516 g/mol. The lowest BCUT2D eigenvalue weighted by atomic mass is 9.98. The van der Waals surface area contributed by atoms with E-state index in [2.05, 4.69) is 15.0 Å². The summed E-state index contributed by atoms with van der Waals surface area (Å²) in [6, 6.07) is 7.17. The number of carbonyl (C=O) groups excluding carboxylic acids is 1. The molecule has 4 aromatic rings. The summed E-state index contributed by atoms with van der Waals surface area (Å²) >= 11 is 0. The zero-order valence-corrected chi connectivity index (χ0v) is 19.8. The van der Waals surface area contributed by atoms with Crippen LogP contribution in [0.25, 0.3) is 22.2 Å². The van der Waals surface area contributed by atoms with Crippen LogP contribution in [0.2, 0.25) is 0 Å². The normalized spacial score (nSPS) is 16.6. The molecule has 1 atom stereocenters. The number of Topliss-reactive ketones (excluding diaryl/α,β-unsaturated/α-hetero) is 1. The molecule has 0 amide bonds. The van der Waals surface area contributed by atoms with Crippen molar-refractivity contribution >= 4 is 26.8 Å². The van der Waals surface area contributed by atoms with Crippen molar-refractivity contribution in [2.24, 2.45) is 0 Å². The van der Waals surface area contributed by atoms with Gasteiger partial charge in [-0.05, 0) is 43.2 Å². The first-order chi connectivity index (χ1) is 17.5. The standard InChI is InChI=1S/C24H18F4N4O4S/c25-16-1-4-21-15(9-16)11-23(36-21)37(34,35)32-8-6-19(32)20(33)3-2-17-10-14(5-7-29-17)18-12-31-22(13-30-18)24(26,27)28/h1,4-5,7,9-13,19H,2-3,6,8H2/t19-/m0/s1. The van der Waals surface area contributed by atoms with Crippen molar-refractivity contribution < 1.29 is 35.2 Å². The highest BCUT2D eigenvalue weighted by Gasteiger charge is 2.43. The van der Waals surface area contributed by atoms with Gasteiger partial charge in [-0.25, -0.2) is 17.8 Å². The second kappa shape index (κ2) is 9.30. The summed E-state index contributed by atoms with van der Waals surface area (Å²) in [7, 11) is -4.10. The Morgan fingerprint density at radius 3 is 2.57 bits per heavy atom. The number of aromatic nitrogens is 3. The number of benzene rings is 1. The van der Waals surface area contributed by atoms with Crippen molar-refractivity contribution in [1.82, 2.24) is 19.3 Å². The van der Waals surface area contributed by atoms with Gasteiger partial charge in [-0.15, -0.1) is 0 Å². The van der Waals surface area contributed by atoms with Crippen LogP contribution >= 0.6 is 0 Å². The Balaban J connectivity index is 1.25. The molecule has 1 aromatic carbocycles. The minimum absolute atomic E-state index is 0.00281. The lowest BCUT2D eigenvalue weighted by Gasteiger charge is -2.37. The molecule has 1 aliphatic heterocycles. The molecule has 13 heteroatoms. The minimum Gasteiger partial charge on any atom is -0.443 e. The van der Waals surface area contributed by atoms with Gasteiger partial charge in [0.1, 0.15) is 11.4 Å². The van der Waals surface area contributed by atoms with E-state index < -0.39 is 33.8 Å². The number of nitrogens with zero attached hydrogens (tertiary/aromatic N) is 4. The number of halogens is 4. The van der Waals surface area contributed by atoms with Gasteiger partial charge in [0.05, 0.1) is 24.1 Å². The SMILES string of the molecule is O=C(CCc1cc(-c2cnc(C(F)(F)F)cn2)ccn1)[C@@H]1CCN1S(=O)(=O)c1cc2cc(F)ccc2o1. The number of sulfonamides is 1. The van der Waals surface area contributed by atoms with E-state index >= 15 is 0 Å². The molecule has 8 nitrogen and oxygen atoms in total. The molecule has 37 heavy (non-hydrogen) atoms. The Hall–Kier alpha value is -3.71. The van der Waals surface area contributed by atoms with Crippen LogP contribution < -0.4 is 0 Å². The van der Waals surface area contributed by atoms with Crippen molar-refractivity contribution in [3.8, 4) is 11.3 Å². The number of aryl methyl sites for hydroxylation is 1. The van der Waals surface area contributed by atoms with E-state index in [0.29, 0.717) is 29.3 Å².